The number of ether oxygens (including phenoxy) is 1. The third-order valence-corrected chi connectivity index (χ3v) is 4.48. The molecule has 2 heteroatoms. The zero-order chi connectivity index (χ0) is 18.2. The maximum absolute atomic E-state index is 5.90. The Labute approximate surface area is 156 Å². The fourth-order valence-electron chi connectivity index (χ4n) is 2.85. The molecule has 0 aliphatic carbocycles. The van der Waals surface area contributed by atoms with Crippen molar-refractivity contribution in [3.63, 3.8) is 0 Å². The maximum atomic E-state index is 5.90. The predicted octanol–water partition coefficient (Wildman–Crippen LogP) is 6.04. The Kier molecular flexibility index (Phi) is 6.32. The second-order valence-electron chi connectivity index (χ2n) is 6.86. The van der Waals surface area contributed by atoms with Crippen molar-refractivity contribution in [1.29, 1.82) is 0 Å². The first-order valence-electron chi connectivity index (χ1n) is 9.30. The molecule has 26 heavy (non-hydrogen) atoms. The Morgan fingerprint density at radius 3 is 2.31 bits per heavy atom. The van der Waals surface area contributed by atoms with Crippen LogP contribution in [0.15, 0.2) is 78.9 Å². The third kappa shape index (κ3) is 5.38. The molecule has 0 saturated carbocycles. The predicted molar refractivity (Wildman–Crippen MR) is 110 cm³/mol. The fourth-order valence-corrected chi connectivity index (χ4v) is 2.85. The molecule has 0 saturated heterocycles. The number of anilines is 1. The molecule has 134 valence electrons. The van der Waals surface area contributed by atoms with Gasteiger partial charge in [-0.05, 0) is 34.7 Å². The molecule has 0 unspecified atom stereocenters. The largest absolute Gasteiger partial charge is 0.493 e. The Morgan fingerprint density at radius 1 is 0.808 bits per heavy atom. The van der Waals surface area contributed by atoms with Crippen molar-refractivity contribution >= 4 is 5.69 Å². The Balaban J connectivity index is 1.50. The molecule has 0 spiro atoms. The van der Waals surface area contributed by atoms with Gasteiger partial charge in [-0.1, -0.05) is 74.5 Å². The number of nitrogens with one attached hydrogen (secondary N) is 1. The van der Waals surface area contributed by atoms with Crippen LogP contribution in [0.3, 0.4) is 0 Å². The lowest BCUT2D eigenvalue weighted by Crippen LogP contribution is -2.03. The first kappa shape index (κ1) is 18.1. The lowest BCUT2D eigenvalue weighted by molar-refractivity contribution is 0.322. The van der Waals surface area contributed by atoms with Crippen LogP contribution in [0.5, 0.6) is 5.75 Å². The normalized spacial score (nSPS) is 10.7. The molecule has 0 aliphatic heterocycles. The summed E-state index contributed by atoms with van der Waals surface area (Å²) >= 11 is 0. The molecule has 0 aliphatic rings. The quantitative estimate of drug-likeness (QED) is 0.537. The van der Waals surface area contributed by atoms with Gasteiger partial charge >= 0.3 is 0 Å². The molecule has 2 nitrogen and oxygen atoms in total. The van der Waals surface area contributed by atoms with E-state index in [4.69, 9.17) is 4.74 Å². The highest BCUT2D eigenvalue weighted by molar-refractivity contribution is 5.48. The van der Waals surface area contributed by atoms with Crippen LogP contribution in [0.1, 0.15) is 36.5 Å². The highest BCUT2D eigenvalue weighted by Crippen LogP contribution is 2.19. The van der Waals surface area contributed by atoms with Gasteiger partial charge in [-0.15, -0.1) is 0 Å². The summed E-state index contributed by atoms with van der Waals surface area (Å²) in [7, 11) is 0. The first-order chi connectivity index (χ1) is 12.7. The van der Waals surface area contributed by atoms with Gasteiger partial charge in [0, 0.05) is 24.7 Å². The molecular formula is C24H27NO. The molecule has 0 radical (unpaired) electrons. The van der Waals surface area contributed by atoms with E-state index in [0.29, 0.717) is 12.5 Å². The number of rotatable bonds is 8. The fraction of sp³-hybridized carbons (Fsp3) is 0.250. The van der Waals surface area contributed by atoms with Crippen LogP contribution in [-0.4, -0.2) is 6.61 Å². The van der Waals surface area contributed by atoms with Gasteiger partial charge in [-0.25, -0.2) is 0 Å². The van der Waals surface area contributed by atoms with Crippen LogP contribution in [0.4, 0.5) is 5.69 Å². The average Bonchev–Trinajstić information content (AvgIpc) is 2.68. The van der Waals surface area contributed by atoms with E-state index in [-0.39, 0.29) is 0 Å². The summed E-state index contributed by atoms with van der Waals surface area (Å²) in [6.07, 6.45) is 0.917. The van der Waals surface area contributed by atoms with Gasteiger partial charge in [-0.3, -0.25) is 0 Å². The van der Waals surface area contributed by atoms with Crippen LogP contribution < -0.4 is 10.1 Å². The topological polar surface area (TPSA) is 21.3 Å². The highest BCUT2D eigenvalue weighted by atomic mass is 16.5. The van der Waals surface area contributed by atoms with E-state index in [9.17, 15) is 0 Å². The van der Waals surface area contributed by atoms with Crippen LogP contribution in [0.25, 0.3) is 0 Å². The van der Waals surface area contributed by atoms with Gasteiger partial charge in [0.25, 0.3) is 0 Å². The van der Waals surface area contributed by atoms with E-state index < -0.39 is 0 Å². The van der Waals surface area contributed by atoms with Crippen molar-refractivity contribution in [3.8, 4) is 5.75 Å². The summed E-state index contributed by atoms with van der Waals surface area (Å²) in [6, 6.07) is 27.4. The molecule has 3 rings (SSSR count). The second-order valence-corrected chi connectivity index (χ2v) is 6.86. The van der Waals surface area contributed by atoms with Crippen LogP contribution in [0.2, 0.25) is 0 Å². The van der Waals surface area contributed by atoms with Gasteiger partial charge in [0.2, 0.25) is 0 Å². The first-order valence-corrected chi connectivity index (χ1v) is 9.30. The van der Waals surface area contributed by atoms with E-state index in [1.54, 1.807) is 0 Å². The number of hydrogen-bond donors (Lipinski definition) is 1. The van der Waals surface area contributed by atoms with E-state index in [0.717, 1.165) is 24.4 Å². The molecule has 0 aromatic heterocycles. The molecule has 0 amide bonds. The molecular weight excluding hydrogens is 318 g/mol. The van der Waals surface area contributed by atoms with Crippen molar-refractivity contribution in [2.75, 3.05) is 11.9 Å². The van der Waals surface area contributed by atoms with Crippen molar-refractivity contribution in [2.45, 2.75) is 32.7 Å². The smallest absolute Gasteiger partial charge is 0.121 e. The van der Waals surface area contributed by atoms with Crippen LogP contribution in [0, 0.1) is 0 Å². The van der Waals surface area contributed by atoms with Gasteiger partial charge in [0.1, 0.15) is 5.75 Å². The molecule has 0 heterocycles. The van der Waals surface area contributed by atoms with Crippen molar-refractivity contribution in [1.82, 2.24) is 0 Å². The van der Waals surface area contributed by atoms with Gasteiger partial charge in [-0.2, -0.15) is 0 Å². The van der Waals surface area contributed by atoms with Crippen molar-refractivity contribution in [3.05, 3.63) is 95.6 Å². The van der Waals surface area contributed by atoms with Gasteiger partial charge < -0.3 is 10.1 Å². The molecule has 0 atom stereocenters. The number of benzene rings is 3. The Hall–Kier alpha value is -2.74. The van der Waals surface area contributed by atoms with Gasteiger partial charge in [0.15, 0.2) is 0 Å². The summed E-state index contributed by atoms with van der Waals surface area (Å²) in [5, 5.41) is 3.48. The minimum absolute atomic E-state index is 0.571. The summed E-state index contributed by atoms with van der Waals surface area (Å²) in [5.41, 5.74) is 5.04. The Bertz CT molecular complexity index is 794. The third-order valence-electron chi connectivity index (χ3n) is 4.48. The minimum Gasteiger partial charge on any atom is -0.493 e. The van der Waals surface area contributed by atoms with Crippen LogP contribution >= 0.6 is 0 Å². The highest BCUT2D eigenvalue weighted by Gasteiger charge is 2.01. The zero-order valence-corrected chi connectivity index (χ0v) is 15.6. The zero-order valence-electron chi connectivity index (χ0n) is 15.6. The SMILES string of the molecule is CC(C)c1ccc(CNc2cccc(OCCc3ccccc3)c2)cc1. The molecule has 1 N–H and O–H groups in total. The van der Waals surface area contributed by atoms with E-state index >= 15 is 0 Å². The lowest BCUT2D eigenvalue weighted by Gasteiger charge is -2.11. The number of hydrogen-bond acceptors (Lipinski definition) is 2. The lowest BCUT2D eigenvalue weighted by atomic mass is 10.0. The molecule has 0 bridgehead atoms. The van der Waals surface area contributed by atoms with Crippen molar-refractivity contribution in [2.24, 2.45) is 0 Å². The summed E-state index contributed by atoms with van der Waals surface area (Å²) in [6.45, 7) is 5.93. The maximum Gasteiger partial charge on any atom is 0.121 e. The monoisotopic (exact) mass is 345 g/mol. The Morgan fingerprint density at radius 2 is 1.58 bits per heavy atom. The van der Waals surface area contributed by atoms with Gasteiger partial charge in [0.05, 0.1) is 6.61 Å². The molecule has 3 aromatic carbocycles. The van der Waals surface area contributed by atoms with E-state index in [1.165, 1.54) is 16.7 Å². The van der Waals surface area contributed by atoms with Crippen LogP contribution in [-0.2, 0) is 13.0 Å². The molecule has 3 aromatic rings. The minimum atomic E-state index is 0.571. The van der Waals surface area contributed by atoms with E-state index in [1.807, 2.05) is 18.2 Å². The van der Waals surface area contributed by atoms with E-state index in [2.05, 4.69) is 79.8 Å². The standard InChI is InChI=1S/C24H27NO/c1-19(2)22-13-11-21(12-14-22)18-25-23-9-6-10-24(17-23)26-16-15-20-7-4-3-5-8-20/h3-14,17,19,25H,15-16,18H2,1-2H3. The second kappa shape index (κ2) is 9.10. The molecule has 0 fully saturated rings. The summed E-state index contributed by atoms with van der Waals surface area (Å²) in [5.74, 6) is 1.47. The summed E-state index contributed by atoms with van der Waals surface area (Å²) in [4.78, 5) is 0. The van der Waals surface area contributed by atoms with Crippen molar-refractivity contribution < 1.29 is 4.74 Å². The average molecular weight is 345 g/mol. The summed E-state index contributed by atoms with van der Waals surface area (Å²) < 4.78 is 5.90.